The molecular weight excluding hydrogens is 272 g/mol. The van der Waals surface area contributed by atoms with Gasteiger partial charge in [-0.25, -0.2) is 0 Å². The van der Waals surface area contributed by atoms with E-state index in [0.717, 1.165) is 6.29 Å². The molecule has 0 radical (unpaired) electrons. The van der Waals surface area contributed by atoms with Crippen molar-refractivity contribution in [3.05, 3.63) is 64.2 Å². The summed E-state index contributed by atoms with van der Waals surface area (Å²) in [5.41, 5.74) is 6.57. The Morgan fingerprint density at radius 1 is 0.905 bits per heavy atom. The lowest BCUT2D eigenvalue weighted by atomic mass is 10.0. The molecule has 0 unspecified atom stereocenters. The van der Waals surface area contributed by atoms with Crippen molar-refractivity contribution in [2.75, 3.05) is 0 Å². The number of hydrogen-bond donors (Lipinski definition) is 0. The highest BCUT2D eigenvalue weighted by Gasteiger charge is 2.10. The van der Waals surface area contributed by atoms with Gasteiger partial charge in [0, 0.05) is 0 Å². The molecule has 0 saturated carbocycles. The fourth-order valence-corrected chi connectivity index (χ4v) is 4.85. The molecule has 0 N–H and O–H groups in total. The second-order valence-electron chi connectivity index (χ2n) is 5.62. The maximum Gasteiger partial charge on any atom is 0.142 e. The van der Waals surface area contributed by atoms with E-state index in [-0.39, 0.29) is 0 Å². The quantitative estimate of drug-likeness (QED) is 0.480. The lowest BCUT2D eigenvalue weighted by Crippen LogP contribution is -2.33. The normalized spacial score (nSPS) is 11.6. The highest BCUT2D eigenvalue weighted by Crippen LogP contribution is 2.11. The Balaban J connectivity index is 2.53. The molecule has 2 aromatic carbocycles. The molecule has 0 aliphatic heterocycles. The van der Waals surface area contributed by atoms with Crippen molar-refractivity contribution in [3.8, 4) is 0 Å². The van der Waals surface area contributed by atoms with Gasteiger partial charge >= 0.3 is 0 Å². The van der Waals surface area contributed by atoms with E-state index in [1.165, 1.54) is 38.2 Å². The lowest BCUT2D eigenvalue weighted by Gasteiger charge is -2.15. The summed E-state index contributed by atoms with van der Waals surface area (Å²) in [6, 6.07) is 10.9. The van der Waals surface area contributed by atoms with E-state index in [1.807, 2.05) is 6.08 Å². The summed E-state index contributed by atoms with van der Waals surface area (Å²) in [6.45, 7) is 8.67. The van der Waals surface area contributed by atoms with Gasteiger partial charge in [-0.15, -0.1) is 0 Å². The number of aryl methyl sites for hydroxylation is 3. The number of carbonyl (C=O) groups excluding carboxylic acids is 1. The van der Waals surface area contributed by atoms with Crippen molar-refractivity contribution in [2.24, 2.45) is 0 Å². The highest BCUT2D eigenvalue weighted by molar-refractivity contribution is 6.69. The monoisotopic (exact) mass is 294 g/mol. The van der Waals surface area contributed by atoms with Crippen LogP contribution in [0.4, 0.5) is 0 Å². The van der Waals surface area contributed by atoms with Crippen molar-refractivity contribution in [2.45, 2.75) is 27.7 Å². The molecule has 0 aliphatic rings. The smallest absolute Gasteiger partial charge is 0.142 e. The zero-order chi connectivity index (χ0) is 15.4. The average Bonchev–Trinajstić information content (AvgIpc) is 2.47. The maximum atomic E-state index is 10.7. The van der Waals surface area contributed by atoms with Crippen LogP contribution in [0.15, 0.2) is 36.4 Å². The number of benzene rings is 2. The van der Waals surface area contributed by atoms with Gasteiger partial charge in [0.15, 0.2) is 0 Å². The first kappa shape index (κ1) is 15.5. The van der Waals surface area contributed by atoms with E-state index in [9.17, 15) is 4.79 Å². The maximum absolute atomic E-state index is 10.7. The Hall–Kier alpha value is -1.93. The SMILES string of the molecule is Cc1cccc([SiH2]c2c(C)ccc(C)c2C=CC=O)c1C. The first-order valence-electron chi connectivity index (χ1n) is 7.30. The molecule has 0 heterocycles. The number of allylic oxidation sites excluding steroid dienone is 1. The molecule has 0 fully saturated rings. The van der Waals surface area contributed by atoms with Crippen LogP contribution in [0.1, 0.15) is 27.8 Å². The fourth-order valence-electron chi connectivity index (χ4n) is 2.69. The number of hydrogen-bond acceptors (Lipinski definition) is 1. The minimum Gasteiger partial charge on any atom is -0.299 e. The van der Waals surface area contributed by atoms with Gasteiger partial charge in [-0.1, -0.05) is 52.3 Å². The first-order chi connectivity index (χ1) is 10.0. The number of carbonyl (C=O) groups is 1. The summed E-state index contributed by atoms with van der Waals surface area (Å²) >= 11 is 0. The van der Waals surface area contributed by atoms with Crippen LogP contribution in [0.3, 0.4) is 0 Å². The topological polar surface area (TPSA) is 17.1 Å². The summed E-state index contributed by atoms with van der Waals surface area (Å²) in [7, 11) is -0.559. The highest BCUT2D eigenvalue weighted by atomic mass is 28.2. The molecule has 0 bridgehead atoms. The van der Waals surface area contributed by atoms with Gasteiger partial charge in [0.05, 0.1) is 9.52 Å². The molecule has 0 aliphatic carbocycles. The lowest BCUT2D eigenvalue weighted by molar-refractivity contribution is -0.104. The predicted molar refractivity (Wildman–Crippen MR) is 94.7 cm³/mol. The van der Waals surface area contributed by atoms with Gasteiger partial charge in [-0.2, -0.15) is 0 Å². The van der Waals surface area contributed by atoms with Crippen molar-refractivity contribution < 1.29 is 4.79 Å². The van der Waals surface area contributed by atoms with Gasteiger partial charge < -0.3 is 0 Å². The Bertz CT molecular complexity index is 699. The standard InChI is InChI=1S/C19H22OSi/c1-13-7-5-9-18(16(13)4)21-19-15(3)11-10-14(2)17(19)8-6-12-20/h5-12H,21H2,1-4H3. The van der Waals surface area contributed by atoms with E-state index >= 15 is 0 Å². The van der Waals surface area contributed by atoms with Crippen molar-refractivity contribution in [3.63, 3.8) is 0 Å². The third-order valence-corrected chi connectivity index (χ3v) is 6.67. The van der Waals surface area contributed by atoms with Crippen LogP contribution in [-0.4, -0.2) is 15.8 Å². The summed E-state index contributed by atoms with van der Waals surface area (Å²) in [5, 5.41) is 2.94. The Morgan fingerprint density at radius 2 is 1.62 bits per heavy atom. The second kappa shape index (κ2) is 6.68. The summed E-state index contributed by atoms with van der Waals surface area (Å²) in [4.78, 5) is 10.7. The average molecular weight is 294 g/mol. The van der Waals surface area contributed by atoms with Crippen LogP contribution >= 0.6 is 0 Å². The third-order valence-electron chi connectivity index (χ3n) is 4.23. The number of aldehydes is 1. The van der Waals surface area contributed by atoms with Gasteiger partial charge in [-0.05, 0) is 56.0 Å². The molecule has 1 nitrogen and oxygen atoms in total. The molecule has 0 saturated heterocycles. The van der Waals surface area contributed by atoms with Crippen LogP contribution in [0.2, 0.25) is 0 Å². The second-order valence-corrected chi connectivity index (χ2v) is 7.45. The molecule has 2 heteroatoms. The summed E-state index contributed by atoms with van der Waals surface area (Å²) in [6.07, 6.45) is 4.41. The van der Waals surface area contributed by atoms with E-state index in [4.69, 9.17) is 0 Å². The van der Waals surface area contributed by atoms with Crippen LogP contribution in [-0.2, 0) is 4.79 Å². The molecular formula is C19H22OSi. The van der Waals surface area contributed by atoms with Gasteiger partial charge in [0.25, 0.3) is 0 Å². The van der Waals surface area contributed by atoms with E-state index in [1.54, 1.807) is 6.08 Å². The van der Waals surface area contributed by atoms with Crippen molar-refractivity contribution in [1.82, 2.24) is 0 Å². The van der Waals surface area contributed by atoms with Gasteiger partial charge in [-0.3, -0.25) is 4.79 Å². The Kier molecular flexibility index (Phi) is 4.92. The van der Waals surface area contributed by atoms with Crippen LogP contribution in [0, 0.1) is 27.7 Å². The fraction of sp³-hybridized carbons (Fsp3) is 0.211. The van der Waals surface area contributed by atoms with Crippen LogP contribution < -0.4 is 10.4 Å². The largest absolute Gasteiger partial charge is 0.299 e. The molecule has 0 amide bonds. The van der Waals surface area contributed by atoms with E-state index in [2.05, 4.69) is 58.0 Å². The zero-order valence-corrected chi connectivity index (χ0v) is 14.6. The minimum absolute atomic E-state index is 0.559. The molecule has 0 atom stereocenters. The van der Waals surface area contributed by atoms with Crippen LogP contribution in [0.25, 0.3) is 6.08 Å². The molecule has 2 aromatic rings. The van der Waals surface area contributed by atoms with Crippen LogP contribution in [0.5, 0.6) is 0 Å². The Labute approximate surface area is 129 Å². The predicted octanol–water partition coefficient (Wildman–Crippen LogP) is 2.25. The Morgan fingerprint density at radius 3 is 2.33 bits per heavy atom. The van der Waals surface area contributed by atoms with E-state index < -0.39 is 9.52 Å². The minimum atomic E-state index is -0.559. The number of rotatable bonds is 4. The molecule has 108 valence electrons. The molecule has 0 aromatic heterocycles. The zero-order valence-electron chi connectivity index (χ0n) is 13.2. The molecule has 2 rings (SSSR count). The van der Waals surface area contributed by atoms with E-state index in [0.29, 0.717) is 0 Å². The van der Waals surface area contributed by atoms with Gasteiger partial charge in [0.2, 0.25) is 0 Å². The van der Waals surface area contributed by atoms with Crippen molar-refractivity contribution in [1.29, 1.82) is 0 Å². The molecule has 21 heavy (non-hydrogen) atoms. The molecule has 0 spiro atoms. The summed E-state index contributed by atoms with van der Waals surface area (Å²) in [5.74, 6) is 0. The summed E-state index contributed by atoms with van der Waals surface area (Å²) < 4.78 is 0. The first-order valence-corrected chi connectivity index (χ1v) is 8.72. The third kappa shape index (κ3) is 3.39. The van der Waals surface area contributed by atoms with Crippen molar-refractivity contribution >= 4 is 32.3 Å². The van der Waals surface area contributed by atoms with Gasteiger partial charge in [0.1, 0.15) is 6.29 Å².